The average Bonchev–Trinajstić information content (AvgIpc) is 2.74. The number of hydrogen-bond acceptors (Lipinski definition) is 4. The number of ether oxygens (including phenoxy) is 1. The molecule has 0 spiro atoms. The first-order valence-electron chi connectivity index (χ1n) is 7.90. The summed E-state index contributed by atoms with van der Waals surface area (Å²) in [6.07, 6.45) is 7.21. The summed E-state index contributed by atoms with van der Waals surface area (Å²) in [5.74, 6) is -0.806. The maximum Gasteiger partial charge on any atom is 0.335 e. The Kier molecular flexibility index (Phi) is 4.31. The van der Waals surface area contributed by atoms with Crippen molar-refractivity contribution < 1.29 is 14.6 Å². The Bertz CT molecular complexity index is 478. The number of carbonyl (C=O) groups is 1. The Morgan fingerprint density at radius 1 is 1.24 bits per heavy atom. The summed E-state index contributed by atoms with van der Waals surface area (Å²) in [4.78, 5) is 16.3. The summed E-state index contributed by atoms with van der Waals surface area (Å²) < 4.78 is 5.54. The van der Waals surface area contributed by atoms with Crippen LogP contribution in [0, 0.1) is 0 Å². The van der Waals surface area contributed by atoms with Gasteiger partial charge in [0.2, 0.25) is 0 Å². The van der Waals surface area contributed by atoms with Gasteiger partial charge in [0.15, 0.2) is 0 Å². The molecule has 3 rings (SSSR count). The van der Waals surface area contributed by atoms with Gasteiger partial charge in [-0.2, -0.15) is 0 Å². The second kappa shape index (κ2) is 6.20. The van der Waals surface area contributed by atoms with Gasteiger partial charge in [-0.1, -0.05) is 6.42 Å². The number of rotatable bonds is 2. The Morgan fingerprint density at radius 2 is 1.95 bits per heavy atom. The SMILES string of the molecule is CN1C2=C(CCOCC2)C(C(=O)O)=CC1N1CCCCC1. The molecule has 116 valence electrons. The third-order valence-electron chi connectivity index (χ3n) is 4.79. The zero-order valence-electron chi connectivity index (χ0n) is 12.7. The van der Waals surface area contributed by atoms with Gasteiger partial charge in [-0.25, -0.2) is 4.79 Å². The van der Waals surface area contributed by atoms with Gasteiger partial charge in [0, 0.05) is 32.3 Å². The van der Waals surface area contributed by atoms with Crippen molar-refractivity contribution in [1.29, 1.82) is 0 Å². The molecule has 0 saturated carbocycles. The highest BCUT2D eigenvalue weighted by atomic mass is 16.5. The van der Waals surface area contributed by atoms with Crippen LogP contribution < -0.4 is 0 Å². The molecule has 0 aromatic heterocycles. The van der Waals surface area contributed by atoms with Crippen LogP contribution in [0.3, 0.4) is 0 Å². The van der Waals surface area contributed by atoms with Gasteiger partial charge >= 0.3 is 5.97 Å². The highest BCUT2D eigenvalue weighted by Crippen LogP contribution is 2.33. The van der Waals surface area contributed by atoms with Crippen molar-refractivity contribution in [3.63, 3.8) is 0 Å². The molecule has 5 nitrogen and oxygen atoms in total. The summed E-state index contributed by atoms with van der Waals surface area (Å²) in [5, 5.41) is 9.59. The quantitative estimate of drug-likeness (QED) is 0.841. The van der Waals surface area contributed by atoms with Crippen molar-refractivity contribution in [2.24, 2.45) is 0 Å². The molecule has 1 fully saturated rings. The number of carboxylic acids is 1. The molecule has 0 aliphatic carbocycles. The maximum atomic E-state index is 11.7. The van der Waals surface area contributed by atoms with Crippen molar-refractivity contribution in [1.82, 2.24) is 9.80 Å². The summed E-state index contributed by atoms with van der Waals surface area (Å²) in [6, 6.07) is 0. The molecule has 3 heterocycles. The molecule has 0 aromatic rings. The molecule has 0 aromatic carbocycles. The second-order valence-corrected chi connectivity index (χ2v) is 6.04. The topological polar surface area (TPSA) is 53.0 Å². The van der Waals surface area contributed by atoms with E-state index in [0.717, 1.165) is 30.8 Å². The van der Waals surface area contributed by atoms with Crippen LogP contribution >= 0.6 is 0 Å². The summed E-state index contributed by atoms with van der Waals surface area (Å²) in [6.45, 7) is 3.41. The Balaban J connectivity index is 1.93. The van der Waals surface area contributed by atoms with E-state index in [9.17, 15) is 9.90 Å². The fourth-order valence-electron chi connectivity index (χ4n) is 3.67. The number of likely N-dealkylation sites (N-methyl/N-ethyl adjacent to an activating group) is 1. The van der Waals surface area contributed by atoms with E-state index in [1.54, 1.807) is 0 Å². The zero-order chi connectivity index (χ0) is 14.8. The van der Waals surface area contributed by atoms with Gasteiger partial charge in [-0.15, -0.1) is 0 Å². The molecule has 0 bridgehead atoms. The van der Waals surface area contributed by atoms with Crippen molar-refractivity contribution in [3.8, 4) is 0 Å². The van der Waals surface area contributed by atoms with Gasteiger partial charge in [-0.05, 0) is 30.9 Å². The summed E-state index contributed by atoms with van der Waals surface area (Å²) in [7, 11) is 2.09. The second-order valence-electron chi connectivity index (χ2n) is 6.04. The lowest BCUT2D eigenvalue weighted by atomic mass is 9.93. The van der Waals surface area contributed by atoms with Gasteiger partial charge < -0.3 is 14.7 Å². The first-order valence-corrected chi connectivity index (χ1v) is 7.90. The third-order valence-corrected chi connectivity index (χ3v) is 4.79. The Labute approximate surface area is 125 Å². The number of likely N-dealkylation sites (tertiary alicyclic amines) is 1. The fraction of sp³-hybridized carbons (Fsp3) is 0.688. The summed E-state index contributed by atoms with van der Waals surface area (Å²) in [5.41, 5.74) is 2.61. The lowest BCUT2D eigenvalue weighted by molar-refractivity contribution is -0.132. The zero-order valence-corrected chi connectivity index (χ0v) is 12.7. The summed E-state index contributed by atoms with van der Waals surface area (Å²) >= 11 is 0. The van der Waals surface area contributed by atoms with Crippen LogP contribution in [-0.2, 0) is 9.53 Å². The van der Waals surface area contributed by atoms with Crippen molar-refractivity contribution in [2.45, 2.75) is 38.3 Å². The van der Waals surface area contributed by atoms with Crippen LogP contribution in [0.25, 0.3) is 0 Å². The molecule has 0 radical (unpaired) electrons. The van der Waals surface area contributed by atoms with Crippen molar-refractivity contribution in [3.05, 3.63) is 22.9 Å². The highest BCUT2D eigenvalue weighted by molar-refractivity contribution is 5.92. The molecule has 1 unspecified atom stereocenters. The van der Waals surface area contributed by atoms with E-state index in [1.807, 2.05) is 6.08 Å². The number of hydrogen-bond donors (Lipinski definition) is 1. The van der Waals surface area contributed by atoms with E-state index < -0.39 is 5.97 Å². The van der Waals surface area contributed by atoms with Gasteiger partial charge in [-0.3, -0.25) is 4.90 Å². The van der Waals surface area contributed by atoms with Crippen molar-refractivity contribution >= 4 is 5.97 Å². The highest BCUT2D eigenvalue weighted by Gasteiger charge is 2.33. The number of carboxylic acid groups (broad SMARTS) is 1. The minimum Gasteiger partial charge on any atom is -0.478 e. The Hall–Kier alpha value is -1.33. The van der Waals surface area contributed by atoms with E-state index in [2.05, 4.69) is 16.8 Å². The van der Waals surface area contributed by atoms with E-state index in [-0.39, 0.29) is 6.17 Å². The first kappa shape index (κ1) is 14.6. The lowest BCUT2D eigenvalue weighted by Gasteiger charge is -2.43. The van der Waals surface area contributed by atoms with E-state index in [4.69, 9.17) is 4.74 Å². The fourth-order valence-corrected chi connectivity index (χ4v) is 3.67. The molecule has 5 heteroatoms. The standard InChI is InChI=1S/C16H24N2O3/c1-17-14-6-10-21-9-5-12(14)13(16(19)20)11-15(17)18-7-3-2-4-8-18/h11,15H,2-10H2,1H3,(H,19,20). The minimum atomic E-state index is -0.806. The van der Waals surface area contributed by atoms with Crippen LogP contribution in [0.5, 0.6) is 0 Å². The predicted molar refractivity (Wildman–Crippen MR) is 79.8 cm³/mol. The van der Waals surface area contributed by atoms with Gasteiger partial charge in [0.05, 0.1) is 18.8 Å². The molecule has 0 amide bonds. The molecular formula is C16H24N2O3. The van der Waals surface area contributed by atoms with Crippen LogP contribution in [0.1, 0.15) is 32.1 Å². The van der Waals surface area contributed by atoms with Crippen LogP contribution in [0.15, 0.2) is 22.9 Å². The normalized spacial score (nSPS) is 28.0. The van der Waals surface area contributed by atoms with Gasteiger partial charge in [0.1, 0.15) is 6.17 Å². The van der Waals surface area contributed by atoms with Crippen molar-refractivity contribution in [2.75, 3.05) is 33.4 Å². The van der Waals surface area contributed by atoms with Crippen LogP contribution in [-0.4, -0.2) is 60.4 Å². The molecule has 1 atom stereocenters. The van der Waals surface area contributed by atoms with E-state index >= 15 is 0 Å². The smallest absolute Gasteiger partial charge is 0.335 e. The predicted octanol–water partition coefficient (Wildman–Crippen LogP) is 1.82. The maximum absolute atomic E-state index is 11.7. The average molecular weight is 292 g/mol. The number of aliphatic carboxylic acids is 1. The van der Waals surface area contributed by atoms with Crippen LogP contribution in [0.2, 0.25) is 0 Å². The van der Waals surface area contributed by atoms with Gasteiger partial charge in [0.25, 0.3) is 0 Å². The largest absolute Gasteiger partial charge is 0.478 e. The molecule has 1 N–H and O–H groups in total. The molecule has 3 aliphatic rings. The number of nitrogens with zero attached hydrogens (tertiary/aromatic N) is 2. The molecule has 21 heavy (non-hydrogen) atoms. The first-order chi connectivity index (χ1) is 10.2. The molecular weight excluding hydrogens is 268 g/mol. The molecule has 3 aliphatic heterocycles. The Morgan fingerprint density at radius 3 is 2.67 bits per heavy atom. The molecule has 1 saturated heterocycles. The van der Waals surface area contributed by atoms with Crippen LogP contribution in [0.4, 0.5) is 0 Å². The minimum absolute atomic E-state index is 0.0771. The van der Waals surface area contributed by atoms with E-state index in [1.165, 1.54) is 19.3 Å². The lowest BCUT2D eigenvalue weighted by Crippen LogP contribution is -2.49. The monoisotopic (exact) mass is 292 g/mol. The van der Waals surface area contributed by atoms with E-state index in [0.29, 0.717) is 25.2 Å². The third kappa shape index (κ3) is 2.85. The number of piperidine rings is 1.